The van der Waals surface area contributed by atoms with Crippen molar-refractivity contribution in [3.05, 3.63) is 23.5 Å². The summed E-state index contributed by atoms with van der Waals surface area (Å²) in [4.78, 5) is 23.9. The summed E-state index contributed by atoms with van der Waals surface area (Å²) in [6.07, 6.45) is 0. The van der Waals surface area contributed by atoms with E-state index in [0.29, 0.717) is 5.69 Å². The van der Waals surface area contributed by atoms with Crippen molar-refractivity contribution in [1.29, 1.82) is 0 Å². The van der Waals surface area contributed by atoms with E-state index in [2.05, 4.69) is 15.6 Å². The number of rotatable bonds is 3. The number of carbonyl (C=O) groups is 2. The van der Waals surface area contributed by atoms with Gasteiger partial charge in [0.15, 0.2) is 0 Å². The minimum Gasteiger partial charge on any atom is -0.477 e. The number of hydrogen-bond acceptors (Lipinski definition) is 2. The van der Waals surface area contributed by atoms with Crippen LogP contribution in [-0.2, 0) is 6.54 Å². The van der Waals surface area contributed by atoms with Crippen LogP contribution in [0.5, 0.6) is 0 Å². The molecule has 1 aromatic rings. The fourth-order valence-electron chi connectivity index (χ4n) is 0.932. The molecule has 6 heteroatoms. The van der Waals surface area contributed by atoms with Crippen molar-refractivity contribution in [2.75, 3.05) is 7.05 Å². The second-order valence-electron chi connectivity index (χ2n) is 2.64. The standard InChI is InChI=1S/C8H11N3O3/c1-9-8(14)10-4-5-2-3-6(11-5)7(12)13/h2-3,11H,4H2,1H3,(H,12,13)(H2,9,10,14). The summed E-state index contributed by atoms with van der Waals surface area (Å²) in [6.45, 7) is 0.271. The third kappa shape index (κ3) is 2.51. The number of aromatic amines is 1. The molecule has 0 aliphatic heterocycles. The van der Waals surface area contributed by atoms with Gasteiger partial charge in [-0.15, -0.1) is 0 Å². The molecule has 14 heavy (non-hydrogen) atoms. The van der Waals surface area contributed by atoms with Gasteiger partial charge in [0.25, 0.3) is 0 Å². The number of carboxylic acids is 1. The van der Waals surface area contributed by atoms with Gasteiger partial charge in [0.2, 0.25) is 0 Å². The molecule has 0 fully saturated rings. The van der Waals surface area contributed by atoms with Crippen molar-refractivity contribution in [3.8, 4) is 0 Å². The number of aromatic nitrogens is 1. The van der Waals surface area contributed by atoms with E-state index in [-0.39, 0.29) is 18.3 Å². The van der Waals surface area contributed by atoms with E-state index in [1.807, 2.05) is 0 Å². The van der Waals surface area contributed by atoms with Gasteiger partial charge >= 0.3 is 12.0 Å². The molecule has 0 aliphatic carbocycles. The maximum atomic E-state index is 10.8. The fraction of sp³-hybridized carbons (Fsp3) is 0.250. The molecule has 1 aromatic heterocycles. The Morgan fingerprint density at radius 3 is 2.71 bits per heavy atom. The first-order valence-corrected chi connectivity index (χ1v) is 4.00. The lowest BCUT2D eigenvalue weighted by Crippen LogP contribution is -2.32. The van der Waals surface area contributed by atoms with Crippen LogP contribution in [0.15, 0.2) is 12.1 Å². The Labute approximate surface area is 80.3 Å². The minimum atomic E-state index is -1.02. The Morgan fingerprint density at radius 2 is 2.21 bits per heavy atom. The Kier molecular flexibility index (Phi) is 3.11. The molecule has 0 aromatic carbocycles. The van der Waals surface area contributed by atoms with Gasteiger partial charge in [0, 0.05) is 12.7 Å². The van der Waals surface area contributed by atoms with Gasteiger partial charge < -0.3 is 20.7 Å². The molecule has 0 bridgehead atoms. The van der Waals surface area contributed by atoms with Gasteiger partial charge in [-0.25, -0.2) is 9.59 Å². The topological polar surface area (TPSA) is 94.2 Å². The highest BCUT2D eigenvalue weighted by atomic mass is 16.4. The first-order valence-electron chi connectivity index (χ1n) is 4.00. The Balaban J connectivity index is 2.52. The highest BCUT2D eigenvalue weighted by molar-refractivity contribution is 5.85. The third-order valence-corrected chi connectivity index (χ3v) is 1.64. The molecule has 0 saturated carbocycles. The molecule has 2 amide bonds. The molecule has 76 valence electrons. The number of carboxylic acid groups (broad SMARTS) is 1. The van der Waals surface area contributed by atoms with Crippen LogP contribution in [0.2, 0.25) is 0 Å². The van der Waals surface area contributed by atoms with Crippen LogP contribution in [0.1, 0.15) is 16.2 Å². The average molecular weight is 197 g/mol. The van der Waals surface area contributed by atoms with Crippen molar-refractivity contribution < 1.29 is 14.7 Å². The van der Waals surface area contributed by atoms with Gasteiger partial charge in [-0.05, 0) is 12.1 Å². The van der Waals surface area contributed by atoms with Crippen LogP contribution in [0.3, 0.4) is 0 Å². The number of amides is 2. The Hall–Kier alpha value is -1.98. The van der Waals surface area contributed by atoms with E-state index >= 15 is 0 Å². The van der Waals surface area contributed by atoms with E-state index < -0.39 is 5.97 Å². The smallest absolute Gasteiger partial charge is 0.352 e. The zero-order valence-corrected chi connectivity index (χ0v) is 7.63. The lowest BCUT2D eigenvalue weighted by Gasteiger charge is -2.01. The van der Waals surface area contributed by atoms with Crippen LogP contribution >= 0.6 is 0 Å². The Bertz CT molecular complexity index is 345. The summed E-state index contributed by atoms with van der Waals surface area (Å²) < 4.78 is 0. The zero-order valence-electron chi connectivity index (χ0n) is 7.63. The quantitative estimate of drug-likeness (QED) is 0.555. The van der Waals surface area contributed by atoms with Gasteiger partial charge in [-0.3, -0.25) is 0 Å². The monoisotopic (exact) mass is 197 g/mol. The normalized spacial score (nSPS) is 9.50. The lowest BCUT2D eigenvalue weighted by atomic mass is 10.4. The van der Waals surface area contributed by atoms with Crippen LogP contribution in [0.4, 0.5) is 4.79 Å². The number of H-pyrrole nitrogens is 1. The zero-order chi connectivity index (χ0) is 10.6. The van der Waals surface area contributed by atoms with Gasteiger partial charge in [0.1, 0.15) is 5.69 Å². The number of aromatic carboxylic acids is 1. The van der Waals surface area contributed by atoms with Gasteiger partial charge in [-0.2, -0.15) is 0 Å². The predicted octanol–water partition coefficient (Wildman–Crippen LogP) is 0.142. The summed E-state index contributed by atoms with van der Waals surface area (Å²) >= 11 is 0. The average Bonchev–Trinajstić information content (AvgIpc) is 2.62. The van der Waals surface area contributed by atoms with Gasteiger partial charge in [-0.1, -0.05) is 0 Å². The van der Waals surface area contributed by atoms with Crippen molar-refractivity contribution in [2.24, 2.45) is 0 Å². The minimum absolute atomic E-state index is 0.110. The predicted molar refractivity (Wildman–Crippen MR) is 49.0 cm³/mol. The van der Waals surface area contributed by atoms with Crippen molar-refractivity contribution in [3.63, 3.8) is 0 Å². The first kappa shape index (κ1) is 10.1. The molecule has 1 heterocycles. The van der Waals surface area contributed by atoms with Crippen molar-refractivity contribution >= 4 is 12.0 Å². The molecule has 0 saturated heterocycles. The van der Waals surface area contributed by atoms with Crippen molar-refractivity contribution in [1.82, 2.24) is 15.6 Å². The first-order chi connectivity index (χ1) is 6.63. The summed E-state index contributed by atoms with van der Waals surface area (Å²) in [5.74, 6) is -1.02. The molecule has 1 rings (SSSR count). The molecule has 0 spiro atoms. The summed E-state index contributed by atoms with van der Waals surface area (Å²) in [7, 11) is 1.51. The Morgan fingerprint density at radius 1 is 1.50 bits per heavy atom. The van der Waals surface area contributed by atoms with Crippen LogP contribution in [0, 0.1) is 0 Å². The fourth-order valence-corrected chi connectivity index (χ4v) is 0.932. The molecule has 0 unspecified atom stereocenters. The van der Waals surface area contributed by atoms with E-state index in [9.17, 15) is 9.59 Å². The summed E-state index contributed by atoms with van der Waals surface area (Å²) in [5, 5.41) is 13.5. The molecule has 0 aliphatic rings. The van der Waals surface area contributed by atoms with Crippen LogP contribution < -0.4 is 10.6 Å². The molecular formula is C8H11N3O3. The highest BCUT2D eigenvalue weighted by Crippen LogP contribution is 2.01. The maximum absolute atomic E-state index is 10.8. The second-order valence-corrected chi connectivity index (χ2v) is 2.64. The second kappa shape index (κ2) is 4.31. The molecule has 0 atom stereocenters. The van der Waals surface area contributed by atoms with E-state index in [1.165, 1.54) is 13.1 Å². The van der Waals surface area contributed by atoms with E-state index in [4.69, 9.17) is 5.11 Å². The molecule has 6 nitrogen and oxygen atoms in total. The van der Waals surface area contributed by atoms with E-state index in [1.54, 1.807) is 6.07 Å². The summed E-state index contributed by atoms with van der Waals surface area (Å²) in [6, 6.07) is 2.75. The van der Waals surface area contributed by atoms with Crippen LogP contribution in [-0.4, -0.2) is 29.1 Å². The van der Waals surface area contributed by atoms with Crippen LogP contribution in [0.25, 0.3) is 0 Å². The molecule has 4 N–H and O–H groups in total. The lowest BCUT2D eigenvalue weighted by molar-refractivity contribution is 0.0691. The van der Waals surface area contributed by atoms with Crippen molar-refractivity contribution in [2.45, 2.75) is 6.54 Å². The number of nitrogens with one attached hydrogen (secondary N) is 3. The number of urea groups is 1. The molecule has 0 radical (unpaired) electrons. The maximum Gasteiger partial charge on any atom is 0.352 e. The highest BCUT2D eigenvalue weighted by Gasteiger charge is 2.05. The van der Waals surface area contributed by atoms with E-state index in [0.717, 1.165) is 0 Å². The third-order valence-electron chi connectivity index (χ3n) is 1.64. The number of hydrogen-bond donors (Lipinski definition) is 4. The summed E-state index contributed by atoms with van der Waals surface area (Å²) in [5.41, 5.74) is 0.754. The number of carbonyl (C=O) groups excluding carboxylic acids is 1. The molecular weight excluding hydrogens is 186 g/mol. The van der Waals surface area contributed by atoms with Gasteiger partial charge in [0.05, 0.1) is 6.54 Å². The SMILES string of the molecule is CNC(=O)NCc1ccc(C(=O)O)[nH]1. The largest absolute Gasteiger partial charge is 0.477 e.